The van der Waals surface area contributed by atoms with Crippen LogP contribution in [0.15, 0.2) is 42.7 Å². The molecule has 4 aromatic rings. The van der Waals surface area contributed by atoms with Gasteiger partial charge in [-0.2, -0.15) is 4.98 Å². The summed E-state index contributed by atoms with van der Waals surface area (Å²) in [5.74, 6) is -0.384. The van der Waals surface area contributed by atoms with Crippen molar-refractivity contribution < 1.29 is 23.1 Å². The zero-order chi connectivity index (χ0) is 25.3. The Hall–Kier alpha value is -2.99. The summed E-state index contributed by atoms with van der Waals surface area (Å²) in [5, 5.41) is 10.3. The molecule has 0 saturated heterocycles. The van der Waals surface area contributed by atoms with Gasteiger partial charge in [0.25, 0.3) is 0 Å². The van der Waals surface area contributed by atoms with E-state index in [4.69, 9.17) is 22.1 Å². The second-order valence-corrected chi connectivity index (χ2v) is 11.8. The lowest BCUT2D eigenvalue weighted by Crippen LogP contribution is -2.14. The maximum absolute atomic E-state index is 11.7. The molecule has 4 rings (SSSR count). The highest BCUT2D eigenvalue weighted by molar-refractivity contribution is 7.89. The number of amides is 1. The maximum Gasteiger partial charge on any atom is 0.229 e. The predicted molar refractivity (Wildman–Crippen MR) is 134 cm³/mol. The van der Waals surface area contributed by atoms with Gasteiger partial charge in [-0.3, -0.25) is 9.20 Å². The number of benzene rings is 1. The van der Waals surface area contributed by atoms with E-state index in [2.05, 4.69) is 9.97 Å². The minimum absolute atomic E-state index is 0.0625. The first-order valence-corrected chi connectivity index (χ1v) is 13.8. The number of hydrogen-bond acceptors (Lipinski definition) is 8. The van der Waals surface area contributed by atoms with Crippen LogP contribution in [0.25, 0.3) is 16.3 Å². The fraction of sp³-hybridized carbons (Fsp3) is 0.261. The summed E-state index contributed by atoms with van der Waals surface area (Å²) in [4.78, 5) is 21.3. The van der Waals surface area contributed by atoms with Crippen LogP contribution in [-0.2, 0) is 33.4 Å². The summed E-state index contributed by atoms with van der Waals surface area (Å²) in [6.45, 7) is 1.68. The number of halogens is 1. The average Bonchev–Trinajstić information content (AvgIpc) is 3.35. The summed E-state index contributed by atoms with van der Waals surface area (Å²) in [7, 11) is -3.21. The number of carbonyl (C=O) groups excluding carboxylic acids is 1. The lowest BCUT2D eigenvalue weighted by Gasteiger charge is -2.16. The van der Waals surface area contributed by atoms with Gasteiger partial charge in [0.1, 0.15) is 22.5 Å². The van der Waals surface area contributed by atoms with E-state index in [9.17, 15) is 18.3 Å². The van der Waals surface area contributed by atoms with Crippen LogP contribution < -0.4 is 10.5 Å². The highest BCUT2D eigenvalue weighted by Crippen LogP contribution is 2.36. The topological polar surface area (TPSA) is 137 Å². The summed E-state index contributed by atoms with van der Waals surface area (Å²) in [6.07, 6.45) is 3.95. The largest absolute Gasteiger partial charge is 0.469 e. The smallest absolute Gasteiger partial charge is 0.229 e. The molecule has 1 amide bonds. The number of primary amides is 1. The van der Waals surface area contributed by atoms with Gasteiger partial charge in [-0.05, 0) is 30.2 Å². The van der Waals surface area contributed by atoms with Crippen molar-refractivity contribution in [2.75, 3.05) is 6.26 Å². The van der Waals surface area contributed by atoms with E-state index in [1.54, 1.807) is 54.0 Å². The molecule has 1 aromatic carbocycles. The van der Waals surface area contributed by atoms with Crippen LogP contribution in [0, 0.1) is 0 Å². The Kier molecular flexibility index (Phi) is 7.13. The Balaban J connectivity index is 1.71. The molecule has 3 N–H and O–H groups in total. The molecule has 0 unspecified atom stereocenters. The van der Waals surface area contributed by atoms with Gasteiger partial charge in [0.2, 0.25) is 11.8 Å². The number of fused-ring (bicyclic) bond motifs is 1. The molecule has 12 heteroatoms. The van der Waals surface area contributed by atoms with Crippen LogP contribution in [0.3, 0.4) is 0 Å². The third-order valence-electron chi connectivity index (χ3n) is 5.18. The number of nitrogens with two attached hydrogens (primary N) is 1. The van der Waals surface area contributed by atoms with Crippen LogP contribution in [0.4, 0.5) is 0 Å². The number of sulfone groups is 1. The van der Waals surface area contributed by atoms with Crippen molar-refractivity contribution in [2.24, 2.45) is 5.73 Å². The maximum atomic E-state index is 11.7. The Bertz CT molecular complexity index is 1510. The van der Waals surface area contributed by atoms with Gasteiger partial charge >= 0.3 is 0 Å². The van der Waals surface area contributed by atoms with Gasteiger partial charge in [0.15, 0.2) is 9.84 Å². The standard InChI is InChI=1S/C23H23ClN4O5S2/c1-13(16-5-3-14(11-29)7-17(16)24)33-22-19(8-20(25)30)34-23(27-22)18-9-26-21-6-4-15(10-28(18)21)12-35(2,31)32/h3-7,9-10,13,29H,8,11-12H2,1-2H3,(H2,25,30)/t13-/m1/s1. The minimum Gasteiger partial charge on any atom is -0.469 e. The number of thiazole rings is 1. The molecule has 0 aliphatic carbocycles. The number of hydrogen-bond donors (Lipinski definition) is 2. The molecule has 0 radical (unpaired) electrons. The van der Waals surface area contributed by atoms with Crippen molar-refractivity contribution in [3.63, 3.8) is 0 Å². The summed E-state index contributed by atoms with van der Waals surface area (Å²) >= 11 is 7.61. The van der Waals surface area contributed by atoms with Crippen molar-refractivity contribution in [3.8, 4) is 16.6 Å². The minimum atomic E-state index is -3.21. The van der Waals surface area contributed by atoms with Crippen molar-refractivity contribution in [1.29, 1.82) is 0 Å². The van der Waals surface area contributed by atoms with Crippen LogP contribution in [0.5, 0.6) is 5.88 Å². The molecule has 0 aliphatic rings. The van der Waals surface area contributed by atoms with Gasteiger partial charge in [-0.25, -0.2) is 13.4 Å². The molecule has 1 atom stereocenters. The van der Waals surface area contributed by atoms with Gasteiger partial charge in [0, 0.05) is 23.0 Å². The lowest BCUT2D eigenvalue weighted by molar-refractivity contribution is -0.117. The number of aliphatic hydroxyl groups is 1. The van der Waals surface area contributed by atoms with E-state index < -0.39 is 21.8 Å². The molecule has 0 spiro atoms. The van der Waals surface area contributed by atoms with E-state index >= 15 is 0 Å². The Morgan fingerprint density at radius 2 is 2.03 bits per heavy atom. The Labute approximate surface area is 211 Å². The number of aliphatic hydroxyl groups excluding tert-OH is 1. The number of carbonyl (C=O) groups is 1. The number of rotatable bonds is 9. The molecular weight excluding hydrogens is 512 g/mol. The normalized spacial score (nSPS) is 12.7. The summed E-state index contributed by atoms with van der Waals surface area (Å²) < 4.78 is 31.3. The van der Waals surface area contributed by atoms with Crippen molar-refractivity contribution >= 4 is 44.3 Å². The van der Waals surface area contributed by atoms with Gasteiger partial charge in [-0.1, -0.05) is 29.8 Å². The SMILES string of the molecule is C[C@@H](Oc1nc(-c2cnc3ccc(CS(C)(=O)=O)cn23)sc1CC(N)=O)c1ccc(CO)cc1Cl. The van der Waals surface area contributed by atoms with E-state index in [-0.39, 0.29) is 24.7 Å². The van der Waals surface area contributed by atoms with E-state index in [0.717, 1.165) is 0 Å². The predicted octanol–water partition coefficient (Wildman–Crippen LogP) is 3.32. The number of ether oxygens (including phenoxy) is 1. The van der Waals surface area contributed by atoms with Crippen LogP contribution in [-0.4, -0.2) is 40.1 Å². The summed E-state index contributed by atoms with van der Waals surface area (Å²) in [5.41, 5.74) is 8.69. The molecule has 9 nitrogen and oxygen atoms in total. The Morgan fingerprint density at radius 1 is 1.29 bits per heavy atom. The first-order chi connectivity index (χ1) is 16.5. The van der Waals surface area contributed by atoms with Crippen LogP contribution >= 0.6 is 22.9 Å². The summed E-state index contributed by atoms with van der Waals surface area (Å²) in [6, 6.07) is 8.65. The van der Waals surface area contributed by atoms with Gasteiger partial charge < -0.3 is 15.6 Å². The Morgan fingerprint density at radius 3 is 2.69 bits per heavy atom. The van der Waals surface area contributed by atoms with Gasteiger partial charge in [0.05, 0.1) is 29.9 Å². The van der Waals surface area contributed by atoms with Crippen LogP contribution in [0.2, 0.25) is 5.02 Å². The molecule has 0 fully saturated rings. The van der Waals surface area contributed by atoms with Crippen LogP contribution in [0.1, 0.15) is 34.6 Å². The molecule has 0 bridgehead atoms. The number of imidazole rings is 1. The fourth-order valence-electron chi connectivity index (χ4n) is 3.61. The highest BCUT2D eigenvalue weighted by atomic mass is 35.5. The number of pyridine rings is 1. The molecule has 184 valence electrons. The van der Waals surface area contributed by atoms with E-state index in [0.29, 0.717) is 42.9 Å². The first kappa shape index (κ1) is 25.1. The number of aromatic nitrogens is 3. The third-order valence-corrected chi connectivity index (χ3v) is 7.43. The van der Waals surface area contributed by atoms with Gasteiger partial charge in [-0.15, -0.1) is 11.3 Å². The van der Waals surface area contributed by atoms with Crippen molar-refractivity contribution in [1.82, 2.24) is 14.4 Å². The second-order valence-electron chi connectivity index (χ2n) is 8.14. The third kappa shape index (κ3) is 5.81. The zero-order valence-corrected chi connectivity index (χ0v) is 21.3. The molecule has 3 aromatic heterocycles. The monoisotopic (exact) mass is 534 g/mol. The zero-order valence-electron chi connectivity index (χ0n) is 18.9. The average molecular weight is 535 g/mol. The first-order valence-electron chi connectivity index (χ1n) is 10.5. The van der Waals surface area contributed by atoms with E-state index in [1.807, 2.05) is 0 Å². The molecule has 0 saturated carbocycles. The van der Waals surface area contributed by atoms with Crippen molar-refractivity contribution in [2.45, 2.75) is 31.8 Å². The fourth-order valence-corrected chi connectivity index (χ4v) is 5.76. The molecule has 35 heavy (non-hydrogen) atoms. The highest BCUT2D eigenvalue weighted by Gasteiger charge is 2.22. The van der Waals surface area contributed by atoms with E-state index in [1.165, 1.54) is 17.6 Å². The lowest BCUT2D eigenvalue weighted by atomic mass is 10.1. The quantitative estimate of drug-likeness (QED) is 0.336. The second kappa shape index (κ2) is 9.94. The number of nitrogens with zero attached hydrogens (tertiary/aromatic N) is 3. The molecule has 0 aliphatic heterocycles. The molecule has 3 heterocycles. The van der Waals surface area contributed by atoms with Crippen molar-refractivity contribution in [3.05, 3.63) is 69.3 Å². The molecular formula is C23H23ClN4O5S2.